The van der Waals surface area contributed by atoms with E-state index in [1.165, 1.54) is 35.8 Å². The van der Waals surface area contributed by atoms with Gasteiger partial charge in [-0.3, -0.25) is 0 Å². The molecule has 1 aliphatic rings. The predicted molar refractivity (Wildman–Crippen MR) is 83.7 cm³/mol. The standard InChI is InChI=1S/C16H16BrFOS/c17-12-8-11(6-7-13(12)18)16(19)15-9-10-4-2-1-3-5-14(10)20-15/h6-9,16,19H,1-5H2. The minimum atomic E-state index is -0.663. The fourth-order valence-corrected chi connectivity index (χ4v) is 4.34. The average molecular weight is 355 g/mol. The Kier molecular flexibility index (Phi) is 4.24. The van der Waals surface area contributed by atoms with Crippen molar-refractivity contribution in [3.05, 3.63) is 55.4 Å². The van der Waals surface area contributed by atoms with E-state index in [4.69, 9.17) is 0 Å². The van der Waals surface area contributed by atoms with E-state index in [2.05, 4.69) is 22.0 Å². The van der Waals surface area contributed by atoms with Gasteiger partial charge in [0, 0.05) is 9.75 Å². The molecular formula is C16H16BrFOS. The van der Waals surface area contributed by atoms with Gasteiger partial charge in [-0.1, -0.05) is 12.5 Å². The highest BCUT2D eigenvalue weighted by atomic mass is 79.9. The maximum absolute atomic E-state index is 13.3. The quantitative estimate of drug-likeness (QED) is 0.752. The molecule has 20 heavy (non-hydrogen) atoms. The number of aliphatic hydroxyl groups is 1. The van der Waals surface area contributed by atoms with Gasteiger partial charge in [0.15, 0.2) is 0 Å². The van der Waals surface area contributed by atoms with Gasteiger partial charge in [0.05, 0.1) is 4.47 Å². The molecule has 0 saturated heterocycles. The molecule has 0 saturated carbocycles. The van der Waals surface area contributed by atoms with Crippen LogP contribution in [-0.2, 0) is 12.8 Å². The Balaban J connectivity index is 1.90. The van der Waals surface area contributed by atoms with Crippen LogP contribution in [0.4, 0.5) is 4.39 Å². The van der Waals surface area contributed by atoms with Crippen LogP contribution in [0.2, 0.25) is 0 Å². The molecule has 3 rings (SSSR count). The molecule has 4 heteroatoms. The Morgan fingerprint density at radius 3 is 2.75 bits per heavy atom. The second-order valence-corrected chi connectivity index (χ2v) is 7.26. The van der Waals surface area contributed by atoms with E-state index in [-0.39, 0.29) is 5.82 Å². The monoisotopic (exact) mass is 354 g/mol. The molecule has 1 nitrogen and oxygen atoms in total. The summed E-state index contributed by atoms with van der Waals surface area (Å²) in [5.74, 6) is -0.303. The Labute approximate surface area is 130 Å². The third kappa shape index (κ3) is 2.83. The summed E-state index contributed by atoms with van der Waals surface area (Å²) in [7, 11) is 0. The number of hydrogen-bond donors (Lipinski definition) is 1. The van der Waals surface area contributed by atoms with Crippen LogP contribution < -0.4 is 0 Å². The van der Waals surface area contributed by atoms with Gasteiger partial charge in [0.1, 0.15) is 11.9 Å². The lowest BCUT2D eigenvalue weighted by molar-refractivity contribution is 0.224. The highest BCUT2D eigenvalue weighted by Crippen LogP contribution is 2.35. The highest BCUT2D eigenvalue weighted by molar-refractivity contribution is 9.10. The fourth-order valence-electron chi connectivity index (χ4n) is 2.67. The van der Waals surface area contributed by atoms with E-state index >= 15 is 0 Å². The topological polar surface area (TPSA) is 20.2 Å². The summed E-state index contributed by atoms with van der Waals surface area (Å²) in [6.07, 6.45) is 5.35. The first-order valence-corrected chi connectivity index (χ1v) is 8.50. The number of benzene rings is 1. The second kappa shape index (κ2) is 5.96. The van der Waals surface area contributed by atoms with E-state index < -0.39 is 6.10 Å². The largest absolute Gasteiger partial charge is 0.383 e. The Morgan fingerprint density at radius 2 is 1.95 bits per heavy atom. The number of aliphatic hydroxyl groups excluding tert-OH is 1. The maximum atomic E-state index is 13.3. The zero-order valence-electron chi connectivity index (χ0n) is 11.0. The molecule has 0 fully saturated rings. The number of hydrogen-bond acceptors (Lipinski definition) is 2. The highest BCUT2D eigenvalue weighted by Gasteiger charge is 2.18. The zero-order chi connectivity index (χ0) is 14.1. The van der Waals surface area contributed by atoms with Crippen molar-refractivity contribution in [2.45, 2.75) is 38.2 Å². The number of aryl methyl sites for hydroxylation is 2. The third-order valence-corrected chi connectivity index (χ3v) is 5.69. The lowest BCUT2D eigenvalue weighted by atomic mass is 10.1. The molecule has 1 aromatic carbocycles. The van der Waals surface area contributed by atoms with Crippen molar-refractivity contribution < 1.29 is 9.50 Å². The van der Waals surface area contributed by atoms with Crippen molar-refractivity contribution in [1.29, 1.82) is 0 Å². The van der Waals surface area contributed by atoms with Crippen molar-refractivity contribution in [3.63, 3.8) is 0 Å². The summed E-state index contributed by atoms with van der Waals surface area (Å²) >= 11 is 4.87. The van der Waals surface area contributed by atoms with Crippen LogP contribution in [0.5, 0.6) is 0 Å². The van der Waals surface area contributed by atoms with Crippen molar-refractivity contribution >= 4 is 27.3 Å². The first kappa shape index (κ1) is 14.2. The van der Waals surface area contributed by atoms with E-state index in [1.807, 2.05) is 0 Å². The molecule has 1 aromatic heterocycles. The van der Waals surface area contributed by atoms with Gasteiger partial charge in [0.2, 0.25) is 0 Å². The van der Waals surface area contributed by atoms with Crippen LogP contribution in [0.15, 0.2) is 28.7 Å². The zero-order valence-corrected chi connectivity index (χ0v) is 13.4. The average Bonchev–Trinajstić information content (AvgIpc) is 2.72. The number of halogens is 2. The SMILES string of the molecule is OC(c1ccc(F)c(Br)c1)c1cc2c(s1)CCCCC2. The van der Waals surface area contributed by atoms with Crippen molar-refractivity contribution in [1.82, 2.24) is 0 Å². The third-order valence-electron chi connectivity index (χ3n) is 3.79. The fraction of sp³-hybridized carbons (Fsp3) is 0.375. The van der Waals surface area contributed by atoms with Crippen LogP contribution in [0, 0.1) is 5.82 Å². The normalized spacial score (nSPS) is 16.6. The molecule has 1 unspecified atom stereocenters. The van der Waals surface area contributed by atoms with Gasteiger partial charge in [-0.2, -0.15) is 0 Å². The van der Waals surface area contributed by atoms with Crippen molar-refractivity contribution in [2.75, 3.05) is 0 Å². The first-order valence-electron chi connectivity index (χ1n) is 6.89. The summed E-state index contributed by atoms with van der Waals surface area (Å²) < 4.78 is 13.7. The van der Waals surface area contributed by atoms with E-state index in [0.29, 0.717) is 4.47 Å². The van der Waals surface area contributed by atoms with Gasteiger partial charge in [-0.15, -0.1) is 11.3 Å². The maximum Gasteiger partial charge on any atom is 0.137 e. The van der Waals surface area contributed by atoms with E-state index in [1.54, 1.807) is 23.5 Å². The molecule has 0 radical (unpaired) electrons. The molecule has 0 bridgehead atoms. The molecule has 0 spiro atoms. The molecule has 1 aliphatic carbocycles. The Bertz CT molecular complexity index is 599. The summed E-state index contributed by atoms with van der Waals surface area (Å²) in [4.78, 5) is 2.38. The molecule has 1 atom stereocenters. The molecule has 2 aromatic rings. The molecular weight excluding hydrogens is 339 g/mol. The van der Waals surface area contributed by atoms with Gasteiger partial charge >= 0.3 is 0 Å². The predicted octanol–water partition coefficient (Wildman–Crippen LogP) is 5.00. The smallest absolute Gasteiger partial charge is 0.137 e. The van der Waals surface area contributed by atoms with Crippen LogP contribution in [0.25, 0.3) is 0 Å². The summed E-state index contributed by atoms with van der Waals surface area (Å²) in [6.45, 7) is 0. The molecule has 0 amide bonds. The van der Waals surface area contributed by atoms with Gasteiger partial charge in [0.25, 0.3) is 0 Å². The number of thiophene rings is 1. The Morgan fingerprint density at radius 1 is 1.15 bits per heavy atom. The number of fused-ring (bicyclic) bond motifs is 1. The van der Waals surface area contributed by atoms with Crippen LogP contribution in [-0.4, -0.2) is 5.11 Å². The lowest BCUT2D eigenvalue weighted by Gasteiger charge is -2.09. The minimum Gasteiger partial charge on any atom is -0.383 e. The van der Waals surface area contributed by atoms with Gasteiger partial charge in [-0.05, 0) is 70.9 Å². The minimum absolute atomic E-state index is 0.303. The first-order chi connectivity index (χ1) is 9.65. The molecule has 1 N–H and O–H groups in total. The van der Waals surface area contributed by atoms with Crippen molar-refractivity contribution in [2.24, 2.45) is 0 Å². The van der Waals surface area contributed by atoms with Crippen LogP contribution in [0.3, 0.4) is 0 Å². The summed E-state index contributed by atoms with van der Waals surface area (Å²) in [6, 6.07) is 6.83. The van der Waals surface area contributed by atoms with Crippen LogP contribution >= 0.6 is 27.3 Å². The van der Waals surface area contributed by atoms with E-state index in [0.717, 1.165) is 23.3 Å². The summed E-state index contributed by atoms with van der Waals surface area (Å²) in [5, 5.41) is 10.5. The second-order valence-electron chi connectivity index (χ2n) is 5.23. The molecule has 0 aliphatic heterocycles. The van der Waals surface area contributed by atoms with Gasteiger partial charge < -0.3 is 5.11 Å². The molecule has 106 valence electrons. The van der Waals surface area contributed by atoms with E-state index in [9.17, 15) is 9.50 Å². The Hall–Kier alpha value is -0.710. The summed E-state index contributed by atoms with van der Waals surface area (Å²) in [5.41, 5.74) is 2.12. The molecule has 1 heterocycles. The lowest BCUT2D eigenvalue weighted by Crippen LogP contribution is -1.97. The van der Waals surface area contributed by atoms with Crippen LogP contribution in [0.1, 0.15) is 46.2 Å². The number of rotatable bonds is 2. The van der Waals surface area contributed by atoms with Gasteiger partial charge in [-0.25, -0.2) is 4.39 Å². The van der Waals surface area contributed by atoms with Crippen molar-refractivity contribution in [3.8, 4) is 0 Å².